The molecule has 0 bridgehead atoms. The van der Waals surface area contributed by atoms with Gasteiger partial charge in [-0.05, 0) is 84.6 Å². The van der Waals surface area contributed by atoms with E-state index in [0.717, 1.165) is 36.0 Å². The summed E-state index contributed by atoms with van der Waals surface area (Å²) >= 11 is 0. The molecule has 1 fully saturated rings. The minimum absolute atomic E-state index is 0.00764. The number of aliphatic hydroxyl groups excluding tert-OH is 3. The first-order chi connectivity index (χ1) is 31.2. The molecule has 4 N–H and O–H groups in total. The molecule has 1 aliphatic heterocycles. The van der Waals surface area contributed by atoms with Crippen molar-refractivity contribution in [1.29, 1.82) is 0 Å². The predicted molar refractivity (Wildman–Crippen MR) is 237 cm³/mol. The number of nitro benzene ring substituents is 1. The number of carbonyl (C=O) groups excluding carboxylic acids is 1. The standard InChI is InChI=1S/C48H61N3O13/c1-2-24-62-48-44(50(20-25-59-26-23-54)47(56)61-28-27-60-32-34-10-4-3-5-11-34)31-42(49-63-33-35-14-16-37(17-15-35)51(57)58)40-29-36(12-6-8-21-52)39(13-7-9-22-53)45(46(40)48)41-30-38(55)18-19-43(41)64-48/h2-5,10-11,14-19,29-30,36,39,44-46,52-55H,1,6-9,12-13,20-28,31-33H2/t36-,39+,44-,45+,46+,48+/m0/s1. The molecule has 0 spiro atoms. The van der Waals surface area contributed by atoms with Gasteiger partial charge in [0, 0.05) is 49.8 Å². The van der Waals surface area contributed by atoms with E-state index in [9.17, 15) is 35.3 Å². The number of amides is 1. The van der Waals surface area contributed by atoms with Crippen LogP contribution in [0.1, 0.15) is 67.6 Å². The Balaban J connectivity index is 1.46. The minimum Gasteiger partial charge on any atom is -0.508 e. The van der Waals surface area contributed by atoms with Crippen LogP contribution < -0.4 is 4.74 Å². The lowest BCUT2D eigenvalue weighted by molar-refractivity contribution is -0.384. The third-order valence-electron chi connectivity index (χ3n) is 12.1. The number of aromatic hydroxyl groups is 1. The zero-order valence-electron chi connectivity index (χ0n) is 36.2. The van der Waals surface area contributed by atoms with E-state index in [4.69, 9.17) is 33.7 Å². The highest BCUT2D eigenvalue weighted by molar-refractivity contribution is 6.03. The highest BCUT2D eigenvalue weighted by Crippen LogP contribution is 2.62. The average molecular weight is 888 g/mol. The summed E-state index contributed by atoms with van der Waals surface area (Å²) in [6.45, 7) is 4.34. The molecule has 3 aliphatic rings. The Labute approximate surface area is 373 Å². The summed E-state index contributed by atoms with van der Waals surface area (Å²) in [6, 6.07) is 19.7. The minimum atomic E-state index is -1.59. The predicted octanol–water partition coefficient (Wildman–Crippen LogP) is 6.80. The lowest BCUT2D eigenvalue weighted by atomic mass is 9.55. The molecule has 346 valence electrons. The second-order valence-electron chi connectivity index (χ2n) is 16.2. The van der Waals surface area contributed by atoms with Crippen LogP contribution in [0, 0.1) is 27.9 Å². The summed E-state index contributed by atoms with van der Waals surface area (Å²) in [7, 11) is 0. The number of non-ortho nitro benzene ring substituents is 1. The highest BCUT2D eigenvalue weighted by Gasteiger charge is 2.65. The monoisotopic (exact) mass is 887 g/mol. The lowest BCUT2D eigenvalue weighted by Gasteiger charge is -2.59. The summed E-state index contributed by atoms with van der Waals surface area (Å²) in [5.41, 5.74) is 3.64. The van der Waals surface area contributed by atoms with E-state index in [1.807, 2.05) is 30.3 Å². The van der Waals surface area contributed by atoms with Gasteiger partial charge in [0.1, 0.15) is 30.8 Å². The topological polar surface area (TPSA) is 212 Å². The number of aliphatic hydroxyl groups is 3. The number of nitro groups is 1. The normalized spacial score (nSPS) is 22.7. The summed E-state index contributed by atoms with van der Waals surface area (Å²) in [6.07, 6.45) is 7.30. The maximum absolute atomic E-state index is 14.6. The van der Waals surface area contributed by atoms with Crippen molar-refractivity contribution in [2.45, 2.75) is 75.9 Å². The van der Waals surface area contributed by atoms with Crippen LogP contribution in [0.4, 0.5) is 10.5 Å². The molecule has 0 unspecified atom stereocenters. The Bertz CT molecular complexity index is 2030. The Hall–Kier alpha value is -5.36. The van der Waals surface area contributed by atoms with Crippen LogP contribution in [-0.4, -0.2) is 113 Å². The largest absolute Gasteiger partial charge is 0.508 e. The van der Waals surface area contributed by atoms with E-state index in [2.05, 4.69) is 12.7 Å². The van der Waals surface area contributed by atoms with Crippen LogP contribution >= 0.6 is 0 Å². The molecule has 3 aromatic rings. The Morgan fingerprint density at radius 3 is 2.38 bits per heavy atom. The number of nitrogens with zero attached hydrogens (tertiary/aromatic N) is 3. The van der Waals surface area contributed by atoms with Crippen molar-refractivity contribution in [3.63, 3.8) is 0 Å². The van der Waals surface area contributed by atoms with Crippen molar-refractivity contribution in [2.24, 2.45) is 22.9 Å². The zero-order valence-corrected chi connectivity index (χ0v) is 36.2. The van der Waals surface area contributed by atoms with Gasteiger partial charge in [0.05, 0.1) is 56.2 Å². The van der Waals surface area contributed by atoms with Crippen molar-refractivity contribution >= 4 is 17.5 Å². The molecule has 6 atom stereocenters. The molecular formula is C48H61N3O13. The first kappa shape index (κ1) is 48.1. The fraction of sp³-hybridized carbons (Fsp3) is 0.500. The number of unbranched alkanes of at least 4 members (excludes halogenated alkanes) is 2. The van der Waals surface area contributed by atoms with Gasteiger partial charge in [0.2, 0.25) is 5.79 Å². The van der Waals surface area contributed by atoms with Crippen LogP contribution in [0.2, 0.25) is 0 Å². The number of ether oxygens (including phenoxy) is 5. The molecule has 0 aromatic heterocycles. The number of fused-ring (bicyclic) bond motifs is 2. The summed E-state index contributed by atoms with van der Waals surface area (Å²) in [5, 5.41) is 56.4. The molecule has 1 saturated carbocycles. The molecule has 0 saturated heterocycles. The average Bonchev–Trinajstić information content (AvgIpc) is 3.30. The molecule has 3 aromatic carbocycles. The number of phenolic OH excluding ortho intramolecular Hbond substituents is 1. The van der Waals surface area contributed by atoms with E-state index in [0.29, 0.717) is 42.9 Å². The number of rotatable bonds is 26. The third kappa shape index (κ3) is 11.9. The number of hydrogen-bond donors (Lipinski definition) is 4. The first-order valence-electron chi connectivity index (χ1n) is 22.1. The molecule has 1 heterocycles. The second-order valence-corrected chi connectivity index (χ2v) is 16.2. The van der Waals surface area contributed by atoms with E-state index in [-0.39, 0.29) is 102 Å². The van der Waals surface area contributed by atoms with Crippen LogP contribution in [0.15, 0.2) is 102 Å². The van der Waals surface area contributed by atoms with Crippen molar-refractivity contribution in [2.75, 3.05) is 59.4 Å². The number of phenols is 1. The molecule has 2 aliphatic carbocycles. The molecule has 1 amide bonds. The Morgan fingerprint density at radius 1 is 0.906 bits per heavy atom. The SMILES string of the molecule is C=CCO[C@@]12Oc3ccc(O)cc3[C@H]3[C@H](CCCCO)[C@@H](CCCCO)C=C(C(=NOCc4ccc([N+](=O)[O-])cc4)C[C@@H]1N(CCOCCO)C(=O)OCCOCc1ccccc1)[C@H]32. The molecule has 0 radical (unpaired) electrons. The quantitative estimate of drug-likeness (QED) is 0.0283. The van der Waals surface area contributed by atoms with Gasteiger partial charge in [-0.2, -0.15) is 0 Å². The number of hydrogen-bond acceptors (Lipinski definition) is 14. The molecule has 16 nitrogen and oxygen atoms in total. The van der Waals surface area contributed by atoms with Crippen LogP contribution in [0.5, 0.6) is 11.5 Å². The number of allylic oxidation sites excluding steroid dienone is 1. The van der Waals surface area contributed by atoms with Gasteiger partial charge in [-0.1, -0.05) is 60.5 Å². The molecule has 16 heteroatoms. The van der Waals surface area contributed by atoms with Gasteiger partial charge in [-0.15, -0.1) is 6.58 Å². The van der Waals surface area contributed by atoms with Crippen molar-refractivity contribution in [3.05, 3.63) is 124 Å². The van der Waals surface area contributed by atoms with Crippen LogP contribution in [0.25, 0.3) is 0 Å². The summed E-state index contributed by atoms with van der Waals surface area (Å²) in [5.74, 6) is -2.16. The maximum Gasteiger partial charge on any atom is 0.410 e. The van der Waals surface area contributed by atoms with Crippen molar-refractivity contribution in [3.8, 4) is 11.5 Å². The van der Waals surface area contributed by atoms with E-state index < -0.39 is 28.8 Å². The van der Waals surface area contributed by atoms with E-state index >= 15 is 0 Å². The maximum atomic E-state index is 14.6. The Morgan fingerprint density at radius 2 is 1.66 bits per heavy atom. The van der Waals surface area contributed by atoms with Gasteiger partial charge < -0.3 is 48.9 Å². The molecular weight excluding hydrogens is 827 g/mol. The van der Waals surface area contributed by atoms with Gasteiger partial charge in [-0.25, -0.2) is 4.79 Å². The van der Waals surface area contributed by atoms with Crippen LogP contribution in [-0.2, 0) is 37.0 Å². The summed E-state index contributed by atoms with van der Waals surface area (Å²) < 4.78 is 31.6. The van der Waals surface area contributed by atoms with Gasteiger partial charge in [0.25, 0.3) is 5.69 Å². The molecule has 6 rings (SSSR count). The third-order valence-corrected chi connectivity index (χ3v) is 12.1. The molecule has 64 heavy (non-hydrogen) atoms. The lowest BCUT2D eigenvalue weighted by Crippen LogP contribution is -2.70. The Kier molecular flexibility index (Phi) is 18.1. The fourth-order valence-corrected chi connectivity index (χ4v) is 9.30. The summed E-state index contributed by atoms with van der Waals surface area (Å²) in [4.78, 5) is 33.1. The number of oxime groups is 1. The zero-order chi connectivity index (χ0) is 45.3. The highest BCUT2D eigenvalue weighted by atomic mass is 16.7. The van der Waals surface area contributed by atoms with E-state index in [1.165, 1.54) is 17.0 Å². The van der Waals surface area contributed by atoms with Crippen LogP contribution in [0.3, 0.4) is 0 Å². The number of benzene rings is 3. The number of carbonyl (C=O) groups is 1. The van der Waals surface area contributed by atoms with E-state index in [1.54, 1.807) is 36.4 Å². The van der Waals surface area contributed by atoms with Crippen molar-refractivity contribution in [1.82, 2.24) is 4.90 Å². The fourth-order valence-electron chi connectivity index (χ4n) is 9.30. The van der Waals surface area contributed by atoms with Gasteiger partial charge in [-0.3, -0.25) is 15.0 Å². The first-order valence-corrected chi connectivity index (χ1v) is 22.1. The second kappa shape index (κ2) is 24.1. The van der Waals surface area contributed by atoms with Gasteiger partial charge >= 0.3 is 6.09 Å². The smallest absolute Gasteiger partial charge is 0.410 e. The van der Waals surface area contributed by atoms with Crippen molar-refractivity contribution < 1.29 is 58.7 Å². The van der Waals surface area contributed by atoms with Gasteiger partial charge in [0.15, 0.2) is 0 Å².